The Balaban J connectivity index is 1.94. The molecule has 0 spiro atoms. The van der Waals surface area contributed by atoms with E-state index in [1.165, 1.54) is 11.1 Å². The number of halogens is 1. The highest BCUT2D eigenvalue weighted by Gasteiger charge is 2.22. The molecule has 2 aromatic rings. The molecule has 0 amide bonds. The van der Waals surface area contributed by atoms with E-state index in [9.17, 15) is 0 Å². The molecular formula is C16H18BrNO2. The molecule has 1 aliphatic heterocycles. The molecule has 0 aliphatic carbocycles. The number of benzene rings is 1. The maximum Gasteiger partial charge on any atom is 0.169 e. The summed E-state index contributed by atoms with van der Waals surface area (Å²) in [6, 6.07) is 10.4. The molecule has 0 radical (unpaired) electrons. The molecule has 1 N–H and O–H groups in total. The molecule has 20 heavy (non-hydrogen) atoms. The summed E-state index contributed by atoms with van der Waals surface area (Å²) in [5.41, 5.74) is 2.49. The monoisotopic (exact) mass is 335 g/mol. The number of hydrogen-bond donors (Lipinski definition) is 1. The molecule has 1 aromatic carbocycles. The lowest BCUT2D eigenvalue weighted by Crippen LogP contribution is -2.21. The van der Waals surface area contributed by atoms with Crippen molar-refractivity contribution in [1.82, 2.24) is 5.32 Å². The van der Waals surface area contributed by atoms with Gasteiger partial charge in [-0.2, -0.15) is 0 Å². The fourth-order valence-corrected chi connectivity index (χ4v) is 3.01. The Labute approximate surface area is 127 Å². The van der Waals surface area contributed by atoms with Crippen molar-refractivity contribution < 1.29 is 9.15 Å². The van der Waals surface area contributed by atoms with E-state index in [2.05, 4.69) is 53.3 Å². The van der Waals surface area contributed by atoms with Gasteiger partial charge < -0.3 is 14.5 Å². The quantitative estimate of drug-likeness (QED) is 0.914. The number of rotatable bonds is 4. The largest absolute Gasteiger partial charge is 0.490 e. The molecule has 0 fully saturated rings. The summed E-state index contributed by atoms with van der Waals surface area (Å²) in [7, 11) is 0. The van der Waals surface area contributed by atoms with Gasteiger partial charge in [-0.1, -0.05) is 13.0 Å². The van der Waals surface area contributed by atoms with Crippen molar-refractivity contribution in [3.63, 3.8) is 0 Å². The van der Waals surface area contributed by atoms with Crippen LogP contribution >= 0.6 is 15.9 Å². The SMILES string of the molecule is CCNC(c1ccc2c(c1)CC(C)O2)c1ccc(Br)o1. The van der Waals surface area contributed by atoms with E-state index in [1.807, 2.05) is 12.1 Å². The van der Waals surface area contributed by atoms with Gasteiger partial charge in [0.2, 0.25) is 0 Å². The van der Waals surface area contributed by atoms with Crippen LogP contribution in [0.15, 0.2) is 39.4 Å². The van der Waals surface area contributed by atoms with Crippen LogP contribution in [-0.2, 0) is 6.42 Å². The number of fused-ring (bicyclic) bond motifs is 1. The third kappa shape index (κ3) is 2.63. The summed E-state index contributed by atoms with van der Waals surface area (Å²) >= 11 is 3.37. The van der Waals surface area contributed by atoms with Crippen LogP contribution < -0.4 is 10.1 Å². The highest BCUT2D eigenvalue weighted by molar-refractivity contribution is 9.10. The second kappa shape index (κ2) is 5.62. The molecule has 106 valence electrons. The van der Waals surface area contributed by atoms with Crippen LogP contribution in [0.5, 0.6) is 5.75 Å². The molecule has 2 atom stereocenters. The third-order valence-corrected chi connectivity index (χ3v) is 3.97. The molecule has 0 saturated heterocycles. The van der Waals surface area contributed by atoms with Crippen LogP contribution in [0.2, 0.25) is 0 Å². The zero-order valence-electron chi connectivity index (χ0n) is 11.7. The van der Waals surface area contributed by atoms with E-state index in [1.54, 1.807) is 0 Å². The van der Waals surface area contributed by atoms with Crippen molar-refractivity contribution in [3.05, 3.63) is 51.9 Å². The summed E-state index contributed by atoms with van der Waals surface area (Å²) in [5.74, 6) is 1.93. The lowest BCUT2D eigenvalue weighted by Gasteiger charge is -2.16. The van der Waals surface area contributed by atoms with Crippen molar-refractivity contribution in [2.45, 2.75) is 32.4 Å². The fraction of sp³-hybridized carbons (Fsp3) is 0.375. The average Bonchev–Trinajstić information content (AvgIpc) is 3.00. The standard InChI is InChI=1S/C16H18BrNO2/c1-3-18-16(14-6-7-15(17)20-14)11-4-5-13-12(9-11)8-10(2)19-13/h4-7,9-10,16,18H,3,8H2,1-2H3. The van der Waals surface area contributed by atoms with E-state index < -0.39 is 0 Å². The van der Waals surface area contributed by atoms with E-state index in [0.29, 0.717) is 0 Å². The second-order valence-corrected chi connectivity index (χ2v) is 5.91. The van der Waals surface area contributed by atoms with Gasteiger partial charge in [0.15, 0.2) is 4.67 Å². The lowest BCUT2D eigenvalue weighted by molar-refractivity contribution is 0.254. The lowest BCUT2D eigenvalue weighted by atomic mass is 10.00. The number of furan rings is 1. The highest BCUT2D eigenvalue weighted by atomic mass is 79.9. The summed E-state index contributed by atoms with van der Waals surface area (Å²) in [5, 5.41) is 3.48. The average molecular weight is 336 g/mol. The van der Waals surface area contributed by atoms with E-state index in [4.69, 9.17) is 9.15 Å². The first-order valence-electron chi connectivity index (χ1n) is 6.95. The summed E-state index contributed by atoms with van der Waals surface area (Å²) in [4.78, 5) is 0. The smallest absolute Gasteiger partial charge is 0.169 e. The highest BCUT2D eigenvalue weighted by Crippen LogP contribution is 2.33. The van der Waals surface area contributed by atoms with Crippen LogP contribution in [-0.4, -0.2) is 12.6 Å². The molecule has 0 saturated carbocycles. The minimum absolute atomic E-state index is 0.0764. The molecule has 0 bridgehead atoms. The molecule has 2 heterocycles. The van der Waals surface area contributed by atoms with E-state index >= 15 is 0 Å². The van der Waals surface area contributed by atoms with Crippen molar-refractivity contribution in [1.29, 1.82) is 0 Å². The molecular weight excluding hydrogens is 318 g/mol. The zero-order chi connectivity index (χ0) is 14.1. The van der Waals surface area contributed by atoms with Gasteiger partial charge in [0, 0.05) is 6.42 Å². The first-order valence-corrected chi connectivity index (χ1v) is 7.74. The summed E-state index contributed by atoms with van der Waals surface area (Å²) in [6.45, 7) is 5.08. The Morgan fingerprint density at radius 2 is 2.20 bits per heavy atom. The minimum atomic E-state index is 0.0764. The molecule has 2 unspecified atom stereocenters. The molecule has 4 heteroatoms. The van der Waals surface area contributed by atoms with Gasteiger partial charge in [0.25, 0.3) is 0 Å². The number of nitrogens with one attached hydrogen (secondary N) is 1. The minimum Gasteiger partial charge on any atom is -0.490 e. The van der Waals surface area contributed by atoms with Crippen molar-refractivity contribution >= 4 is 15.9 Å². The molecule has 3 rings (SSSR count). The fourth-order valence-electron chi connectivity index (χ4n) is 2.69. The second-order valence-electron chi connectivity index (χ2n) is 5.13. The van der Waals surface area contributed by atoms with Gasteiger partial charge in [-0.3, -0.25) is 0 Å². The summed E-state index contributed by atoms with van der Waals surface area (Å²) in [6.07, 6.45) is 1.25. The Morgan fingerprint density at radius 3 is 2.90 bits per heavy atom. The predicted octanol–water partition coefficient (Wildman–Crippen LogP) is 4.06. The van der Waals surface area contributed by atoms with Crippen molar-refractivity contribution in [3.8, 4) is 5.75 Å². The van der Waals surface area contributed by atoms with Gasteiger partial charge in [-0.15, -0.1) is 0 Å². The molecule has 3 nitrogen and oxygen atoms in total. The first kappa shape index (κ1) is 13.7. The van der Waals surface area contributed by atoms with Gasteiger partial charge in [-0.05, 0) is 64.8 Å². The Morgan fingerprint density at radius 1 is 1.35 bits per heavy atom. The summed E-state index contributed by atoms with van der Waals surface area (Å²) < 4.78 is 12.2. The number of ether oxygens (including phenoxy) is 1. The first-order chi connectivity index (χ1) is 9.67. The topological polar surface area (TPSA) is 34.4 Å². The Bertz CT molecular complexity index is 608. The van der Waals surface area contributed by atoms with Crippen molar-refractivity contribution in [2.75, 3.05) is 6.54 Å². The Hall–Kier alpha value is -1.26. The van der Waals surface area contributed by atoms with Crippen LogP contribution in [0.4, 0.5) is 0 Å². The van der Waals surface area contributed by atoms with Crippen LogP contribution in [0, 0.1) is 0 Å². The van der Waals surface area contributed by atoms with Gasteiger partial charge in [0.05, 0.1) is 6.04 Å². The maximum absolute atomic E-state index is 5.76. The van der Waals surface area contributed by atoms with E-state index in [0.717, 1.165) is 29.1 Å². The van der Waals surface area contributed by atoms with Gasteiger partial charge in [-0.25, -0.2) is 0 Å². The van der Waals surface area contributed by atoms with Crippen LogP contribution in [0.1, 0.15) is 36.8 Å². The normalized spacial score (nSPS) is 18.6. The maximum atomic E-state index is 5.76. The molecule has 1 aliphatic rings. The zero-order valence-corrected chi connectivity index (χ0v) is 13.2. The predicted molar refractivity (Wildman–Crippen MR) is 82.2 cm³/mol. The van der Waals surface area contributed by atoms with Gasteiger partial charge in [0.1, 0.15) is 17.6 Å². The van der Waals surface area contributed by atoms with E-state index in [-0.39, 0.29) is 12.1 Å². The molecule has 1 aromatic heterocycles. The van der Waals surface area contributed by atoms with Crippen molar-refractivity contribution in [2.24, 2.45) is 0 Å². The Kier molecular flexibility index (Phi) is 3.85. The number of hydrogen-bond acceptors (Lipinski definition) is 3. The van der Waals surface area contributed by atoms with Crippen LogP contribution in [0.3, 0.4) is 0 Å². The third-order valence-electron chi connectivity index (χ3n) is 3.54. The van der Waals surface area contributed by atoms with Gasteiger partial charge >= 0.3 is 0 Å². The van der Waals surface area contributed by atoms with Crippen LogP contribution in [0.25, 0.3) is 0 Å².